The van der Waals surface area contributed by atoms with Crippen LogP contribution in [0.4, 0.5) is 0 Å². The van der Waals surface area contributed by atoms with Crippen molar-refractivity contribution in [3.05, 3.63) is 23.8 Å². The van der Waals surface area contributed by atoms with E-state index >= 15 is 0 Å². The summed E-state index contributed by atoms with van der Waals surface area (Å²) in [5.41, 5.74) is 0. The lowest BCUT2D eigenvalue weighted by Gasteiger charge is -2.01. The van der Waals surface area contributed by atoms with Gasteiger partial charge in [0, 0.05) is 11.6 Å². The molecule has 0 N–H and O–H groups in total. The van der Waals surface area contributed by atoms with Gasteiger partial charge in [-0.05, 0) is 6.92 Å². The van der Waals surface area contributed by atoms with Crippen LogP contribution in [0.3, 0.4) is 0 Å². The number of thiazole rings is 1. The molecule has 6 heteroatoms. The van der Waals surface area contributed by atoms with E-state index in [1.54, 1.807) is 29.3 Å². The fourth-order valence-corrected chi connectivity index (χ4v) is 2.64. The van der Waals surface area contributed by atoms with Gasteiger partial charge >= 0.3 is 0 Å². The normalized spacial score (nSPS) is 13.0. The molecule has 0 bridgehead atoms. The summed E-state index contributed by atoms with van der Waals surface area (Å²) in [5, 5.41) is 5.66. The highest BCUT2D eigenvalue weighted by molar-refractivity contribution is 8.01. The van der Waals surface area contributed by atoms with Gasteiger partial charge in [-0.25, -0.2) is 4.98 Å². The third-order valence-corrected chi connectivity index (χ3v) is 3.42. The molecule has 2 rings (SSSR count). The SMILES string of the molecule is CC(Sc1nccs1)c1ncno1. The van der Waals surface area contributed by atoms with Crippen LogP contribution in [0, 0.1) is 0 Å². The lowest BCUT2D eigenvalue weighted by atomic mass is 10.5. The highest BCUT2D eigenvalue weighted by Gasteiger charge is 2.13. The van der Waals surface area contributed by atoms with Crippen molar-refractivity contribution in [1.82, 2.24) is 15.1 Å². The molecule has 0 fully saturated rings. The van der Waals surface area contributed by atoms with Gasteiger partial charge in [0.25, 0.3) is 0 Å². The Morgan fingerprint density at radius 2 is 2.46 bits per heavy atom. The van der Waals surface area contributed by atoms with Gasteiger partial charge in [0.1, 0.15) is 0 Å². The smallest absolute Gasteiger partial charge is 0.239 e. The summed E-state index contributed by atoms with van der Waals surface area (Å²) < 4.78 is 5.96. The van der Waals surface area contributed by atoms with E-state index in [-0.39, 0.29) is 5.25 Å². The Hall–Kier alpha value is -0.880. The highest BCUT2D eigenvalue weighted by atomic mass is 32.2. The molecule has 0 amide bonds. The van der Waals surface area contributed by atoms with E-state index in [9.17, 15) is 0 Å². The van der Waals surface area contributed by atoms with Crippen molar-refractivity contribution in [1.29, 1.82) is 0 Å². The van der Waals surface area contributed by atoms with E-state index in [2.05, 4.69) is 15.1 Å². The number of nitrogens with zero attached hydrogens (tertiary/aromatic N) is 3. The number of hydrogen-bond acceptors (Lipinski definition) is 6. The molecule has 2 aromatic heterocycles. The van der Waals surface area contributed by atoms with Gasteiger partial charge in [-0.2, -0.15) is 4.98 Å². The minimum absolute atomic E-state index is 0.161. The van der Waals surface area contributed by atoms with Crippen molar-refractivity contribution in [3.8, 4) is 0 Å². The predicted molar refractivity (Wildman–Crippen MR) is 50.7 cm³/mol. The van der Waals surface area contributed by atoms with Crippen LogP contribution in [0.2, 0.25) is 0 Å². The second-order valence-corrected chi connectivity index (χ2v) is 4.82. The van der Waals surface area contributed by atoms with Crippen molar-refractivity contribution in [2.75, 3.05) is 0 Å². The van der Waals surface area contributed by atoms with Crippen LogP contribution in [0.5, 0.6) is 0 Å². The average Bonchev–Trinajstić information content (AvgIpc) is 2.74. The Morgan fingerprint density at radius 3 is 3.08 bits per heavy atom. The second-order valence-electron chi connectivity index (χ2n) is 2.34. The van der Waals surface area contributed by atoms with Gasteiger partial charge in [0.15, 0.2) is 10.7 Å². The Balaban J connectivity index is 2.04. The predicted octanol–water partition coefficient (Wildman–Crippen LogP) is 2.38. The maximum atomic E-state index is 4.94. The van der Waals surface area contributed by atoms with Crippen LogP contribution >= 0.6 is 23.1 Å². The van der Waals surface area contributed by atoms with Gasteiger partial charge in [0.05, 0.1) is 5.25 Å². The van der Waals surface area contributed by atoms with Crippen LogP contribution in [-0.2, 0) is 0 Å². The van der Waals surface area contributed by atoms with Crippen molar-refractivity contribution >= 4 is 23.1 Å². The van der Waals surface area contributed by atoms with Crippen molar-refractivity contribution in [3.63, 3.8) is 0 Å². The number of aromatic nitrogens is 3. The zero-order valence-electron chi connectivity index (χ0n) is 6.88. The fraction of sp³-hybridized carbons (Fsp3) is 0.286. The molecule has 0 radical (unpaired) electrons. The summed E-state index contributed by atoms with van der Waals surface area (Å²) in [6.07, 6.45) is 3.20. The molecule has 1 atom stereocenters. The second kappa shape index (κ2) is 3.89. The van der Waals surface area contributed by atoms with Crippen LogP contribution in [0.15, 0.2) is 26.8 Å². The van der Waals surface area contributed by atoms with Gasteiger partial charge in [-0.3, -0.25) is 0 Å². The summed E-state index contributed by atoms with van der Waals surface area (Å²) in [6.45, 7) is 2.01. The summed E-state index contributed by atoms with van der Waals surface area (Å²) in [4.78, 5) is 8.13. The van der Waals surface area contributed by atoms with Gasteiger partial charge < -0.3 is 4.52 Å². The summed E-state index contributed by atoms with van der Waals surface area (Å²) >= 11 is 3.23. The van der Waals surface area contributed by atoms with Gasteiger partial charge in [-0.15, -0.1) is 11.3 Å². The standard InChI is InChI=1S/C7H7N3OS2/c1-5(6-9-4-10-11-6)13-7-8-2-3-12-7/h2-5H,1H3. The summed E-state index contributed by atoms with van der Waals surface area (Å²) in [5.74, 6) is 0.639. The summed E-state index contributed by atoms with van der Waals surface area (Å²) in [6, 6.07) is 0. The van der Waals surface area contributed by atoms with Gasteiger partial charge in [-0.1, -0.05) is 16.9 Å². The van der Waals surface area contributed by atoms with Crippen LogP contribution in [0.1, 0.15) is 18.1 Å². The Labute approximate surface area is 83.4 Å². The van der Waals surface area contributed by atoms with Crippen molar-refractivity contribution in [2.45, 2.75) is 16.5 Å². The lowest BCUT2D eigenvalue weighted by Crippen LogP contribution is -1.87. The molecule has 1 unspecified atom stereocenters. The molecule has 68 valence electrons. The minimum Gasteiger partial charge on any atom is -0.338 e. The van der Waals surface area contributed by atoms with E-state index < -0.39 is 0 Å². The molecule has 13 heavy (non-hydrogen) atoms. The van der Waals surface area contributed by atoms with Crippen LogP contribution in [0.25, 0.3) is 0 Å². The topological polar surface area (TPSA) is 51.8 Å². The quantitative estimate of drug-likeness (QED) is 0.733. The molecular formula is C7H7N3OS2. The molecule has 0 spiro atoms. The zero-order chi connectivity index (χ0) is 9.10. The number of hydrogen-bond donors (Lipinski definition) is 0. The molecule has 4 nitrogen and oxygen atoms in total. The fourth-order valence-electron chi connectivity index (χ4n) is 0.831. The zero-order valence-corrected chi connectivity index (χ0v) is 8.51. The first-order valence-corrected chi connectivity index (χ1v) is 5.45. The van der Waals surface area contributed by atoms with Crippen LogP contribution in [-0.4, -0.2) is 15.1 Å². The van der Waals surface area contributed by atoms with E-state index in [1.807, 2.05) is 12.3 Å². The van der Waals surface area contributed by atoms with E-state index in [1.165, 1.54) is 6.33 Å². The van der Waals surface area contributed by atoms with E-state index in [0.717, 1.165) is 4.34 Å². The molecule has 0 aliphatic rings. The monoisotopic (exact) mass is 213 g/mol. The Morgan fingerprint density at radius 1 is 1.54 bits per heavy atom. The maximum absolute atomic E-state index is 4.94. The van der Waals surface area contributed by atoms with E-state index in [0.29, 0.717) is 5.89 Å². The molecule has 0 saturated heterocycles. The maximum Gasteiger partial charge on any atom is 0.239 e. The van der Waals surface area contributed by atoms with Gasteiger partial charge in [0.2, 0.25) is 5.89 Å². The molecule has 0 aliphatic carbocycles. The molecule has 2 heterocycles. The number of rotatable bonds is 3. The van der Waals surface area contributed by atoms with Crippen molar-refractivity contribution in [2.24, 2.45) is 0 Å². The first-order chi connectivity index (χ1) is 6.36. The molecule has 0 saturated carbocycles. The largest absolute Gasteiger partial charge is 0.338 e. The third kappa shape index (κ3) is 2.07. The lowest BCUT2D eigenvalue weighted by molar-refractivity contribution is 0.379. The summed E-state index contributed by atoms with van der Waals surface area (Å²) in [7, 11) is 0. The highest BCUT2D eigenvalue weighted by Crippen LogP contribution is 2.34. The Kier molecular flexibility index (Phi) is 2.60. The molecule has 0 aromatic carbocycles. The van der Waals surface area contributed by atoms with E-state index in [4.69, 9.17) is 4.52 Å². The minimum atomic E-state index is 0.161. The van der Waals surface area contributed by atoms with Crippen LogP contribution < -0.4 is 0 Å². The average molecular weight is 213 g/mol. The first kappa shape index (κ1) is 8.71. The van der Waals surface area contributed by atoms with Crippen molar-refractivity contribution < 1.29 is 4.52 Å². The molecule has 2 aromatic rings. The molecule has 0 aliphatic heterocycles. The number of thioether (sulfide) groups is 1. The molecular weight excluding hydrogens is 206 g/mol. The third-order valence-electron chi connectivity index (χ3n) is 1.41. The first-order valence-electron chi connectivity index (χ1n) is 3.69. The Bertz CT molecular complexity index is 346.